The first kappa shape index (κ1) is 19.6. The number of nitrogens with zero attached hydrogens (tertiary/aromatic N) is 1. The Morgan fingerprint density at radius 2 is 1.86 bits per heavy atom. The molecule has 6 heteroatoms. The molecule has 0 unspecified atom stereocenters. The maximum absolute atomic E-state index is 13.0. The van der Waals surface area contributed by atoms with Crippen molar-refractivity contribution in [1.82, 2.24) is 10.2 Å². The van der Waals surface area contributed by atoms with Gasteiger partial charge in [0.2, 0.25) is 0 Å². The number of urea groups is 1. The number of hydrogen-bond acceptors (Lipinski definition) is 4. The predicted octanol–water partition coefficient (Wildman–Crippen LogP) is 3.34. The van der Waals surface area contributed by atoms with Gasteiger partial charge in [-0.15, -0.1) is 0 Å². The van der Waals surface area contributed by atoms with E-state index in [0.29, 0.717) is 29.7 Å². The number of methoxy groups -OCH3 is 1. The molecule has 1 heterocycles. The van der Waals surface area contributed by atoms with E-state index in [4.69, 9.17) is 4.74 Å². The summed E-state index contributed by atoms with van der Waals surface area (Å²) >= 11 is 0. The number of amides is 3. The molecule has 0 bridgehead atoms. The van der Waals surface area contributed by atoms with Crippen LogP contribution in [0.15, 0.2) is 48.5 Å². The number of nitrogens with one attached hydrogen (secondary N) is 1. The third-order valence-electron chi connectivity index (χ3n) is 5.12. The Labute approximate surface area is 164 Å². The molecule has 0 spiro atoms. The first-order chi connectivity index (χ1) is 13.3. The van der Waals surface area contributed by atoms with Crippen LogP contribution in [0.1, 0.15) is 41.8 Å². The fraction of sp³-hybridized carbons (Fsp3) is 0.318. The highest BCUT2D eigenvalue weighted by Crippen LogP contribution is 2.28. The molecular weight excluding hydrogens is 356 g/mol. The third-order valence-corrected chi connectivity index (χ3v) is 5.12. The van der Waals surface area contributed by atoms with E-state index in [2.05, 4.69) is 5.32 Å². The highest BCUT2D eigenvalue weighted by molar-refractivity contribution is 6.06. The van der Waals surface area contributed by atoms with Crippen LogP contribution in [0, 0.1) is 0 Å². The molecule has 0 radical (unpaired) electrons. The molecule has 0 saturated carbocycles. The molecule has 28 heavy (non-hydrogen) atoms. The largest absolute Gasteiger partial charge is 0.496 e. The van der Waals surface area contributed by atoms with Crippen molar-refractivity contribution in [2.75, 3.05) is 7.11 Å². The lowest BCUT2D eigenvalue weighted by atomic mass is 9.93. The molecule has 0 aliphatic carbocycles. The SMILES string of the molecule is COc1ccc(C(C)=O)cc1CN1C(=O)N[C@@](C)(CCc2ccccc2)C1=O. The van der Waals surface area contributed by atoms with Crippen LogP contribution >= 0.6 is 0 Å². The normalized spacial score (nSPS) is 18.9. The molecular formula is C22H24N2O4. The van der Waals surface area contributed by atoms with Crippen LogP contribution in [0.2, 0.25) is 0 Å². The van der Waals surface area contributed by atoms with Crippen molar-refractivity contribution >= 4 is 17.7 Å². The van der Waals surface area contributed by atoms with Crippen LogP contribution in [0.3, 0.4) is 0 Å². The second kappa shape index (κ2) is 7.84. The number of hydrogen-bond donors (Lipinski definition) is 1. The zero-order valence-electron chi connectivity index (χ0n) is 16.3. The average Bonchev–Trinajstić information content (AvgIpc) is 2.90. The van der Waals surface area contributed by atoms with Crippen molar-refractivity contribution in [3.63, 3.8) is 0 Å². The molecule has 146 valence electrons. The number of imide groups is 1. The number of ether oxygens (including phenoxy) is 1. The minimum absolute atomic E-state index is 0.0515. The number of aryl methyl sites for hydroxylation is 1. The van der Waals surface area contributed by atoms with E-state index in [1.54, 1.807) is 25.1 Å². The average molecular weight is 380 g/mol. The maximum Gasteiger partial charge on any atom is 0.325 e. The van der Waals surface area contributed by atoms with Crippen LogP contribution in [0.25, 0.3) is 0 Å². The lowest BCUT2D eigenvalue weighted by Gasteiger charge is -2.22. The first-order valence-electron chi connectivity index (χ1n) is 9.20. The summed E-state index contributed by atoms with van der Waals surface area (Å²) in [5, 5.41) is 2.83. The van der Waals surface area contributed by atoms with E-state index < -0.39 is 11.6 Å². The van der Waals surface area contributed by atoms with Gasteiger partial charge in [0.15, 0.2) is 5.78 Å². The molecule has 1 aliphatic rings. The highest BCUT2D eigenvalue weighted by atomic mass is 16.5. The van der Waals surface area contributed by atoms with Gasteiger partial charge in [0, 0.05) is 11.1 Å². The maximum atomic E-state index is 13.0. The zero-order valence-corrected chi connectivity index (χ0v) is 16.3. The van der Waals surface area contributed by atoms with E-state index in [1.807, 2.05) is 30.3 Å². The van der Waals surface area contributed by atoms with Crippen molar-refractivity contribution in [3.8, 4) is 5.75 Å². The fourth-order valence-electron chi connectivity index (χ4n) is 3.39. The number of carbonyl (C=O) groups is 3. The van der Waals surface area contributed by atoms with Crippen LogP contribution in [-0.4, -0.2) is 35.3 Å². The quantitative estimate of drug-likeness (QED) is 0.590. The minimum atomic E-state index is -0.960. The molecule has 6 nitrogen and oxygen atoms in total. The van der Waals surface area contributed by atoms with Crippen LogP contribution < -0.4 is 10.1 Å². The molecule has 1 atom stereocenters. The summed E-state index contributed by atoms with van der Waals surface area (Å²) in [6.45, 7) is 3.27. The van der Waals surface area contributed by atoms with E-state index >= 15 is 0 Å². The van der Waals surface area contributed by atoms with Gasteiger partial charge >= 0.3 is 6.03 Å². The lowest BCUT2D eigenvalue weighted by Crippen LogP contribution is -2.44. The molecule has 3 amide bonds. The van der Waals surface area contributed by atoms with Crippen molar-refractivity contribution in [1.29, 1.82) is 0 Å². The summed E-state index contributed by atoms with van der Waals surface area (Å²) in [6.07, 6.45) is 1.18. The molecule has 0 aromatic heterocycles. The summed E-state index contributed by atoms with van der Waals surface area (Å²) in [7, 11) is 1.52. The van der Waals surface area contributed by atoms with E-state index in [-0.39, 0.29) is 18.2 Å². The molecule has 1 fully saturated rings. The second-order valence-corrected chi connectivity index (χ2v) is 7.22. The Morgan fingerprint density at radius 1 is 1.14 bits per heavy atom. The summed E-state index contributed by atoms with van der Waals surface area (Å²) in [6, 6.07) is 14.4. The number of rotatable bonds is 7. The minimum Gasteiger partial charge on any atom is -0.496 e. The molecule has 2 aromatic carbocycles. The Balaban J connectivity index is 1.78. The highest BCUT2D eigenvalue weighted by Gasteiger charge is 2.47. The lowest BCUT2D eigenvalue weighted by molar-refractivity contribution is -0.131. The smallest absolute Gasteiger partial charge is 0.325 e. The van der Waals surface area contributed by atoms with Gasteiger partial charge in [-0.05, 0) is 50.5 Å². The van der Waals surface area contributed by atoms with E-state index in [9.17, 15) is 14.4 Å². The fourth-order valence-corrected chi connectivity index (χ4v) is 3.39. The molecule has 2 aromatic rings. The zero-order chi connectivity index (χ0) is 20.3. The Bertz CT molecular complexity index is 910. The standard InChI is InChI=1S/C22H24N2O4/c1-15(25)17-9-10-19(28-3)18(13-17)14-24-20(26)22(2,23-21(24)27)12-11-16-7-5-4-6-8-16/h4-10,13H,11-12,14H2,1-3H3,(H,23,27)/t22-/m0/s1. The van der Waals surface area contributed by atoms with Gasteiger partial charge in [0.1, 0.15) is 11.3 Å². The summed E-state index contributed by atoms with van der Waals surface area (Å²) in [5.74, 6) is 0.168. The van der Waals surface area contributed by atoms with Gasteiger partial charge in [-0.3, -0.25) is 14.5 Å². The van der Waals surface area contributed by atoms with Crippen LogP contribution in [0.5, 0.6) is 5.75 Å². The van der Waals surface area contributed by atoms with Gasteiger partial charge in [0.25, 0.3) is 5.91 Å². The third kappa shape index (κ3) is 3.91. The molecule has 1 saturated heterocycles. The molecule has 1 aliphatic heterocycles. The molecule has 3 rings (SSSR count). The van der Waals surface area contributed by atoms with Crippen molar-refractivity contribution in [3.05, 3.63) is 65.2 Å². The second-order valence-electron chi connectivity index (χ2n) is 7.22. The topological polar surface area (TPSA) is 75.7 Å². The monoisotopic (exact) mass is 380 g/mol. The Morgan fingerprint density at radius 3 is 2.50 bits per heavy atom. The summed E-state index contributed by atoms with van der Waals surface area (Å²) < 4.78 is 5.34. The van der Waals surface area contributed by atoms with Gasteiger partial charge < -0.3 is 10.1 Å². The Hall–Kier alpha value is -3.15. The van der Waals surface area contributed by atoms with Gasteiger partial charge in [-0.25, -0.2) is 4.79 Å². The number of carbonyl (C=O) groups excluding carboxylic acids is 3. The van der Waals surface area contributed by atoms with Crippen molar-refractivity contribution in [2.45, 2.75) is 38.8 Å². The summed E-state index contributed by atoms with van der Waals surface area (Å²) in [5.41, 5.74) is 1.28. The first-order valence-corrected chi connectivity index (χ1v) is 9.20. The van der Waals surface area contributed by atoms with E-state index in [0.717, 1.165) is 5.56 Å². The number of ketones is 1. The van der Waals surface area contributed by atoms with Gasteiger partial charge in [-0.2, -0.15) is 0 Å². The van der Waals surface area contributed by atoms with Gasteiger partial charge in [-0.1, -0.05) is 30.3 Å². The number of Topliss-reactive ketones (excluding diaryl/α,β-unsaturated/α-hetero) is 1. The summed E-state index contributed by atoms with van der Waals surface area (Å²) in [4.78, 5) is 38.4. The molecule has 1 N–H and O–H groups in total. The van der Waals surface area contributed by atoms with Crippen LogP contribution in [-0.2, 0) is 17.8 Å². The van der Waals surface area contributed by atoms with Crippen molar-refractivity contribution in [2.24, 2.45) is 0 Å². The predicted molar refractivity (Wildman–Crippen MR) is 105 cm³/mol. The number of benzene rings is 2. The van der Waals surface area contributed by atoms with Crippen molar-refractivity contribution < 1.29 is 19.1 Å². The van der Waals surface area contributed by atoms with Crippen LogP contribution in [0.4, 0.5) is 4.79 Å². The van der Waals surface area contributed by atoms with E-state index in [1.165, 1.54) is 18.9 Å². The Kier molecular flexibility index (Phi) is 5.49. The van der Waals surface area contributed by atoms with Gasteiger partial charge in [0.05, 0.1) is 13.7 Å².